The van der Waals surface area contributed by atoms with Crippen molar-refractivity contribution in [2.45, 2.75) is 20.3 Å². The van der Waals surface area contributed by atoms with Gasteiger partial charge in [0.05, 0.1) is 5.92 Å². The van der Waals surface area contributed by atoms with Crippen LogP contribution in [0.15, 0.2) is 12.2 Å². The number of carbonyl (C=O) groups is 2. The van der Waals surface area contributed by atoms with Gasteiger partial charge in [0.25, 0.3) is 0 Å². The molecule has 0 fully saturated rings. The number of aliphatic carboxylic acids is 1. The van der Waals surface area contributed by atoms with Crippen LogP contribution in [0.3, 0.4) is 0 Å². The second-order valence-electron chi connectivity index (χ2n) is 2.41. The molecule has 0 aliphatic carbocycles. The van der Waals surface area contributed by atoms with E-state index < -0.39 is 11.9 Å². The van der Waals surface area contributed by atoms with Crippen LogP contribution in [0.2, 0.25) is 0 Å². The van der Waals surface area contributed by atoms with Gasteiger partial charge in [-0.25, -0.2) is 0 Å². The molecule has 62 valence electrons. The summed E-state index contributed by atoms with van der Waals surface area (Å²) in [5.41, 5.74) is 0. The topological polar surface area (TPSA) is 54.4 Å². The molecule has 0 radical (unpaired) electrons. The van der Waals surface area contributed by atoms with Gasteiger partial charge in [-0.3, -0.25) is 9.59 Å². The minimum Gasteiger partial charge on any atom is -0.481 e. The molecule has 1 unspecified atom stereocenters. The normalized spacial score (nSPS) is 13.3. The van der Waals surface area contributed by atoms with E-state index >= 15 is 0 Å². The Hall–Kier alpha value is -1.12. The van der Waals surface area contributed by atoms with Crippen LogP contribution in [-0.4, -0.2) is 16.9 Å². The molecule has 0 aromatic heterocycles. The first-order chi connectivity index (χ1) is 5.07. The summed E-state index contributed by atoms with van der Waals surface area (Å²) in [5, 5.41) is 8.42. The molecule has 0 spiro atoms. The summed E-state index contributed by atoms with van der Waals surface area (Å²) in [6.45, 7) is 3.24. The monoisotopic (exact) mass is 156 g/mol. The molecule has 0 aliphatic rings. The van der Waals surface area contributed by atoms with Gasteiger partial charge < -0.3 is 5.11 Å². The molecule has 1 N–H and O–H groups in total. The Balaban J connectivity index is 3.85. The number of hydrogen-bond acceptors (Lipinski definition) is 2. The van der Waals surface area contributed by atoms with Crippen molar-refractivity contribution in [2.75, 3.05) is 0 Å². The summed E-state index contributed by atoms with van der Waals surface area (Å²) < 4.78 is 0. The zero-order valence-electron chi connectivity index (χ0n) is 6.70. The van der Waals surface area contributed by atoms with Gasteiger partial charge in [0.1, 0.15) is 0 Å². The Kier molecular flexibility index (Phi) is 4.18. The minimum atomic E-state index is -0.928. The molecule has 0 saturated carbocycles. The first-order valence-corrected chi connectivity index (χ1v) is 3.46. The quantitative estimate of drug-likeness (QED) is 0.623. The van der Waals surface area contributed by atoms with Gasteiger partial charge in [0.15, 0.2) is 5.78 Å². The highest BCUT2D eigenvalue weighted by Gasteiger charge is 2.13. The van der Waals surface area contributed by atoms with Crippen molar-refractivity contribution in [3.05, 3.63) is 12.2 Å². The highest BCUT2D eigenvalue weighted by molar-refractivity contribution is 5.92. The lowest BCUT2D eigenvalue weighted by atomic mass is 10.1. The largest absolute Gasteiger partial charge is 0.481 e. The van der Waals surface area contributed by atoms with Crippen molar-refractivity contribution in [3.63, 3.8) is 0 Å². The molecule has 0 heterocycles. The van der Waals surface area contributed by atoms with E-state index in [4.69, 9.17) is 5.11 Å². The molecule has 0 aromatic carbocycles. The molecule has 0 aromatic rings. The fraction of sp³-hybridized carbons (Fsp3) is 0.500. The molecule has 0 amide bonds. The fourth-order valence-electron chi connectivity index (χ4n) is 0.643. The Bertz CT molecular complexity index is 182. The maximum Gasteiger partial charge on any atom is 0.306 e. The van der Waals surface area contributed by atoms with E-state index in [1.54, 1.807) is 13.0 Å². The van der Waals surface area contributed by atoms with E-state index in [2.05, 4.69) is 0 Å². The fourth-order valence-corrected chi connectivity index (χ4v) is 0.643. The molecule has 0 rings (SSSR count). The first kappa shape index (κ1) is 9.88. The van der Waals surface area contributed by atoms with Gasteiger partial charge in [-0.1, -0.05) is 13.0 Å². The van der Waals surface area contributed by atoms with E-state index in [1.807, 2.05) is 0 Å². The molecule has 1 atom stereocenters. The average Bonchev–Trinajstić information content (AvgIpc) is 1.87. The predicted molar refractivity (Wildman–Crippen MR) is 41.2 cm³/mol. The standard InChI is InChI=1S/C8H12O3/c1-3-4-7(9)5-6(2)8(10)11/h3-4,6H,5H2,1-2H3,(H,10,11). The number of ketones is 1. The molecule has 11 heavy (non-hydrogen) atoms. The third kappa shape index (κ3) is 4.31. The average molecular weight is 156 g/mol. The van der Waals surface area contributed by atoms with Crippen LogP contribution < -0.4 is 0 Å². The Morgan fingerprint density at radius 2 is 2.09 bits per heavy atom. The summed E-state index contributed by atoms with van der Waals surface area (Å²) in [4.78, 5) is 21.1. The van der Waals surface area contributed by atoms with Gasteiger partial charge in [-0.15, -0.1) is 0 Å². The third-order valence-electron chi connectivity index (χ3n) is 1.28. The molecule has 0 bridgehead atoms. The second-order valence-corrected chi connectivity index (χ2v) is 2.41. The number of hydrogen-bond donors (Lipinski definition) is 1. The summed E-state index contributed by atoms with van der Waals surface area (Å²) >= 11 is 0. The number of rotatable bonds is 4. The summed E-state index contributed by atoms with van der Waals surface area (Å²) in [6, 6.07) is 0. The van der Waals surface area contributed by atoms with Crippen LogP contribution in [-0.2, 0) is 9.59 Å². The van der Waals surface area contributed by atoms with Crippen molar-refractivity contribution in [2.24, 2.45) is 5.92 Å². The molecular weight excluding hydrogens is 144 g/mol. The van der Waals surface area contributed by atoms with E-state index in [0.29, 0.717) is 0 Å². The van der Waals surface area contributed by atoms with Crippen LogP contribution in [0.25, 0.3) is 0 Å². The molecular formula is C8H12O3. The van der Waals surface area contributed by atoms with Crippen molar-refractivity contribution < 1.29 is 14.7 Å². The maximum absolute atomic E-state index is 10.8. The van der Waals surface area contributed by atoms with E-state index in [0.717, 1.165) is 0 Å². The maximum atomic E-state index is 10.8. The lowest BCUT2D eigenvalue weighted by Crippen LogP contribution is -2.13. The summed E-state index contributed by atoms with van der Waals surface area (Å²) in [6.07, 6.45) is 3.08. The Morgan fingerprint density at radius 3 is 2.45 bits per heavy atom. The van der Waals surface area contributed by atoms with Gasteiger partial charge in [0, 0.05) is 6.42 Å². The number of allylic oxidation sites excluding steroid dienone is 2. The number of carboxylic acid groups (broad SMARTS) is 1. The van der Waals surface area contributed by atoms with Gasteiger partial charge >= 0.3 is 5.97 Å². The van der Waals surface area contributed by atoms with Crippen LogP contribution in [0, 0.1) is 5.92 Å². The number of carboxylic acids is 1. The zero-order chi connectivity index (χ0) is 8.85. The first-order valence-electron chi connectivity index (χ1n) is 3.46. The highest BCUT2D eigenvalue weighted by Crippen LogP contribution is 2.02. The second kappa shape index (κ2) is 4.66. The lowest BCUT2D eigenvalue weighted by molar-refractivity contribution is -0.142. The van der Waals surface area contributed by atoms with Crippen molar-refractivity contribution in [1.82, 2.24) is 0 Å². The summed E-state index contributed by atoms with van der Waals surface area (Å²) in [7, 11) is 0. The minimum absolute atomic E-state index is 0.0830. The van der Waals surface area contributed by atoms with Crippen LogP contribution in [0.5, 0.6) is 0 Å². The van der Waals surface area contributed by atoms with Crippen LogP contribution >= 0.6 is 0 Å². The predicted octanol–water partition coefficient (Wildman–Crippen LogP) is 1.24. The third-order valence-corrected chi connectivity index (χ3v) is 1.28. The Labute approximate surface area is 65.7 Å². The molecule has 3 heteroatoms. The smallest absolute Gasteiger partial charge is 0.306 e. The number of carbonyl (C=O) groups excluding carboxylic acids is 1. The van der Waals surface area contributed by atoms with Crippen molar-refractivity contribution >= 4 is 11.8 Å². The van der Waals surface area contributed by atoms with Gasteiger partial charge in [-0.2, -0.15) is 0 Å². The summed E-state index contributed by atoms with van der Waals surface area (Å²) in [5.74, 6) is -1.65. The molecule has 3 nitrogen and oxygen atoms in total. The van der Waals surface area contributed by atoms with E-state index in [-0.39, 0.29) is 12.2 Å². The van der Waals surface area contributed by atoms with E-state index in [9.17, 15) is 9.59 Å². The van der Waals surface area contributed by atoms with Crippen LogP contribution in [0.1, 0.15) is 20.3 Å². The SMILES string of the molecule is CC=CC(=O)CC(C)C(=O)O. The van der Waals surface area contributed by atoms with Crippen molar-refractivity contribution in [1.29, 1.82) is 0 Å². The van der Waals surface area contributed by atoms with Crippen molar-refractivity contribution in [3.8, 4) is 0 Å². The van der Waals surface area contributed by atoms with Crippen LogP contribution in [0.4, 0.5) is 0 Å². The highest BCUT2D eigenvalue weighted by atomic mass is 16.4. The molecule has 0 aliphatic heterocycles. The lowest BCUT2D eigenvalue weighted by Gasteiger charge is -2.00. The Morgan fingerprint density at radius 1 is 1.55 bits per heavy atom. The molecule has 0 saturated heterocycles. The van der Waals surface area contributed by atoms with Gasteiger partial charge in [-0.05, 0) is 13.0 Å². The zero-order valence-corrected chi connectivity index (χ0v) is 6.70. The van der Waals surface area contributed by atoms with Gasteiger partial charge in [0.2, 0.25) is 0 Å². The van der Waals surface area contributed by atoms with E-state index in [1.165, 1.54) is 13.0 Å².